The Bertz CT molecular complexity index is 1260. The molecule has 0 aliphatic heterocycles. The van der Waals surface area contributed by atoms with Gasteiger partial charge < -0.3 is 4.74 Å². The largest absolute Gasteiger partial charge is 0.467 e. The number of benzene rings is 2. The minimum Gasteiger partial charge on any atom is -0.467 e. The highest BCUT2D eigenvalue weighted by molar-refractivity contribution is 7.17. The number of nitrogens with zero attached hydrogens (tertiary/aromatic N) is 2. The van der Waals surface area contributed by atoms with Gasteiger partial charge in [-0.3, -0.25) is 9.36 Å². The molecule has 0 aliphatic rings. The molecule has 4 rings (SSSR count). The smallest absolute Gasteiger partial charge is 0.333 e. The van der Waals surface area contributed by atoms with Gasteiger partial charge >= 0.3 is 5.97 Å². The van der Waals surface area contributed by atoms with Gasteiger partial charge in [-0.2, -0.15) is 0 Å². The summed E-state index contributed by atoms with van der Waals surface area (Å²) in [5, 5.41) is 2.48. The number of fused-ring (bicyclic) bond motifs is 1. The summed E-state index contributed by atoms with van der Waals surface area (Å²) in [7, 11) is 1.32. The van der Waals surface area contributed by atoms with E-state index in [0.717, 1.165) is 22.3 Å². The lowest BCUT2D eigenvalue weighted by molar-refractivity contribution is -0.143. The van der Waals surface area contributed by atoms with Gasteiger partial charge in [-0.05, 0) is 30.5 Å². The number of carbonyl (C=O) groups excluding carboxylic acids is 1. The first-order valence-corrected chi connectivity index (χ1v) is 10.1. The van der Waals surface area contributed by atoms with E-state index < -0.39 is 12.0 Å². The van der Waals surface area contributed by atoms with E-state index >= 15 is 0 Å². The van der Waals surface area contributed by atoms with Gasteiger partial charge in [0, 0.05) is 10.9 Å². The summed E-state index contributed by atoms with van der Waals surface area (Å²) in [4.78, 5) is 31.2. The van der Waals surface area contributed by atoms with Crippen molar-refractivity contribution in [3.8, 4) is 11.1 Å². The molecule has 0 saturated heterocycles. The molecule has 1 unspecified atom stereocenters. The predicted molar refractivity (Wildman–Crippen MR) is 115 cm³/mol. The van der Waals surface area contributed by atoms with Crippen molar-refractivity contribution in [2.75, 3.05) is 7.11 Å². The van der Waals surface area contributed by atoms with Crippen LogP contribution in [0.5, 0.6) is 0 Å². The third-order valence-electron chi connectivity index (χ3n) is 5.01. The molecule has 0 radical (unpaired) electrons. The second-order valence-corrected chi connectivity index (χ2v) is 7.80. The Balaban J connectivity index is 1.96. The molecule has 29 heavy (non-hydrogen) atoms. The van der Waals surface area contributed by atoms with Crippen molar-refractivity contribution in [3.05, 3.63) is 87.3 Å². The summed E-state index contributed by atoms with van der Waals surface area (Å²) >= 11 is 1.43. The molecule has 0 aliphatic carbocycles. The zero-order valence-corrected chi connectivity index (χ0v) is 17.2. The van der Waals surface area contributed by atoms with Crippen LogP contribution < -0.4 is 5.56 Å². The van der Waals surface area contributed by atoms with Gasteiger partial charge in [-0.15, -0.1) is 11.3 Å². The van der Waals surface area contributed by atoms with Crippen molar-refractivity contribution < 1.29 is 9.53 Å². The van der Waals surface area contributed by atoms with Crippen molar-refractivity contribution >= 4 is 27.5 Å². The summed E-state index contributed by atoms with van der Waals surface area (Å²) in [6, 6.07) is 14.4. The molecule has 0 N–H and O–H groups in total. The summed E-state index contributed by atoms with van der Waals surface area (Å²) in [5.41, 5.74) is 4.50. The van der Waals surface area contributed by atoms with Crippen molar-refractivity contribution in [2.24, 2.45) is 0 Å². The average molecular weight is 404 g/mol. The standard InChI is InChI=1S/C23H20N2O3S/c1-14-9-10-17(15(2)11-14)18-12-29-21-19(18)22(26)25(13-24-21)20(23(27)28-3)16-7-5-4-6-8-16/h4-13,20H,1-3H3. The van der Waals surface area contributed by atoms with Gasteiger partial charge in [0.2, 0.25) is 0 Å². The lowest BCUT2D eigenvalue weighted by Gasteiger charge is -2.18. The lowest BCUT2D eigenvalue weighted by Crippen LogP contribution is -2.31. The van der Waals surface area contributed by atoms with Gasteiger partial charge in [-0.1, -0.05) is 54.1 Å². The fraction of sp³-hybridized carbons (Fsp3) is 0.174. The van der Waals surface area contributed by atoms with Crippen LogP contribution in [0.1, 0.15) is 22.7 Å². The molecule has 2 heterocycles. The molecule has 0 bridgehead atoms. The summed E-state index contributed by atoms with van der Waals surface area (Å²) in [6.07, 6.45) is 1.43. The van der Waals surface area contributed by atoms with Crippen molar-refractivity contribution in [3.63, 3.8) is 0 Å². The lowest BCUT2D eigenvalue weighted by atomic mass is 9.99. The molecule has 1 atom stereocenters. The number of aryl methyl sites for hydroxylation is 2. The Kier molecular flexibility index (Phi) is 5.03. The van der Waals surface area contributed by atoms with Crippen LogP contribution >= 0.6 is 11.3 Å². The van der Waals surface area contributed by atoms with Gasteiger partial charge in [0.1, 0.15) is 11.2 Å². The van der Waals surface area contributed by atoms with Crippen LogP contribution in [0.15, 0.2) is 65.0 Å². The molecule has 4 aromatic rings. The maximum Gasteiger partial charge on any atom is 0.333 e. The van der Waals surface area contributed by atoms with E-state index in [-0.39, 0.29) is 5.56 Å². The number of thiophene rings is 1. The van der Waals surface area contributed by atoms with E-state index in [1.54, 1.807) is 12.1 Å². The molecule has 6 heteroatoms. The quantitative estimate of drug-likeness (QED) is 0.470. The van der Waals surface area contributed by atoms with Gasteiger partial charge in [0.05, 0.1) is 12.5 Å². The van der Waals surface area contributed by atoms with Crippen LogP contribution in [0.4, 0.5) is 0 Å². The van der Waals surface area contributed by atoms with Crippen LogP contribution in [0.2, 0.25) is 0 Å². The van der Waals surface area contributed by atoms with Crippen LogP contribution in [0.25, 0.3) is 21.3 Å². The zero-order valence-electron chi connectivity index (χ0n) is 16.4. The molecule has 0 saturated carbocycles. The fourth-order valence-corrected chi connectivity index (χ4v) is 4.50. The normalized spacial score (nSPS) is 12.1. The number of ether oxygens (including phenoxy) is 1. The molecular formula is C23H20N2O3S. The number of aromatic nitrogens is 2. The van der Waals surface area contributed by atoms with E-state index in [1.165, 1.54) is 29.3 Å². The van der Waals surface area contributed by atoms with Crippen LogP contribution in [0, 0.1) is 13.8 Å². The van der Waals surface area contributed by atoms with Gasteiger partial charge in [0.25, 0.3) is 5.56 Å². The summed E-state index contributed by atoms with van der Waals surface area (Å²) < 4.78 is 6.36. The van der Waals surface area contributed by atoms with E-state index in [0.29, 0.717) is 15.8 Å². The molecule has 2 aromatic carbocycles. The minimum atomic E-state index is -0.891. The summed E-state index contributed by atoms with van der Waals surface area (Å²) in [5.74, 6) is -0.511. The first-order chi connectivity index (χ1) is 14.0. The number of hydrogen-bond acceptors (Lipinski definition) is 5. The van der Waals surface area contributed by atoms with Gasteiger partial charge in [0.15, 0.2) is 6.04 Å². The van der Waals surface area contributed by atoms with Crippen LogP contribution in [-0.2, 0) is 9.53 Å². The SMILES string of the molecule is COC(=O)C(c1ccccc1)n1cnc2scc(-c3ccc(C)cc3C)c2c1=O. The highest BCUT2D eigenvalue weighted by Gasteiger charge is 2.26. The Hall–Kier alpha value is -3.25. The molecular weight excluding hydrogens is 384 g/mol. The number of carbonyl (C=O) groups is 1. The number of esters is 1. The minimum absolute atomic E-state index is 0.259. The first-order valence-electron chi connectivity index (χ1n) is 9.20. The van der Waals surface area contributed by atoms with Crippen LogP contribution in [-0.4, -0.2) is 22.6 Å². The maximum atomic E-state index is 13.5. The van der Waals surface area contributed by atoms with Crippen molar-refractivity contribution in [1.29, 1.82) is 0 Å². The second-order valence-electron chi connectivity index (χ2n) is 6.94. The van der Waals surface area contributed by atoms with Crippen molar-refractivity contribution in [2.45, 2.75) is 19.9 Å². The Labute approximate surface area is 172 Å². The highest BCUT2D eigenvalue weighted by Crippen LogP contribution is 2.33. The molecule has 2 aromatic heterocycles. The van der Waals surface area contributed by atoms with E-state index in [2.05, 4.69) is 11.1 Å². The number of rotatable bonds is 4. The maximum absolute atomic E-state index is 13.5. The number of hydrogen-bond donors (Lipinski definition) is 0. The highest BCUT2D eigenvalue weighted by atomic mass is 32.1. The van der Waals surface area contributed by atoms with Crippen molar-refractivity contribution in [1.82, 2.24) is 9.55 Å². The third kappa shape index (κ3) is 3.36. The van der Waals surface area contributed by atoms with Gasteiger partial charge in [-0.25, -0.2) is 9.78 Å². The molecule has 0 amide bonds. The van der Waals surface area contributed by atoms with E-state index in [1.807, 2.05) is 49.6 Å². The average Bonchev–Trinajstić information content (AvgIpc) is 3.15. The van der Waals surface area contributed by atoms with E-state index in [9.17, 15) is 9.59 Å². The third-order valence-corrected chi connectivity index (χ3v) is 5.90. The molecule has 5 nitrogen and oxygen atoms in total. The molecule has 146 valence electrons. The number of methoxy groups -OCH3 is 1. The Morgan fingerprint density at radius 2 is 1.86 bits per heavy atom. The predicted octanol–water partition coefficient (Wildman–Crippen LogP) is 4.50. The fourth-order valence-electron chi connectivity index (χ4n) is 3.60. The van der Waals surface area contributed by atoms with Crippen LogP contribution in [0.3, 0.4) is 0 Å². The molecule has 0 spiro atoms. The zero-order chi connectivity index (χ0) is 20.5. The molecule has 0 fully saturated rings. The summed E-state index contributed by atoms with van der Waals surface area (Å²) in [6.45, 7) is 4.07. The Morgan fingerprint density at radius 1 is 1.10 bits per heavy atom. The first kappa shape index (κ1) is 19.1. The Morgan fingerprint density at radius 3 is 2.55 bits per heavy atom. The second kappa shape index (κ2) is 7.64. The topological polar surface area (TPSA) is 61.2 Å². The van der Waals surface area contributed by atoms with E-state index in [4.69, 9.17) is 4.74 Å². The monoisotopic (exact) mass is 404 g/mol.